The van der Waals surface area contributed by atoms with Crippen LogP contribution in [0.4, 0.5) is 0 Å². The van der Waals surface area contributed by atoms with Crippen molar-refractivity contribution >= 4 is 0 Å². The molecule has 0 saturated carbocycles. The lowest BCUT2D eigenvalue weighted by atomic mass is 10.1. The molecule has 5 nitrogen and oxygen atoms in total. The number of morpholine rings is 1. The molecular formula is C12H22N4O. The molecule has 1 aliphatic rings. The molecule has 2 heterocycles. The SMILES string of the molecule is Cc1nn(C)c(C)c1C(C)NN1CCOCC1. The van der Waals surface area contributed by atoms with Crippen LogP contribution in [0.25, 0.3) is 0 Å². The molecule has 1 saturated heterocycles. The molecule has 96 valence electrons. The van der Waals surface area contributed by atoms with Crippen molar-refractivity contribution in [2.24, 2.45) is 7.05 Å². The first-order valence-corrected chi connectivity index (χ1v) is 6.18. The van der Waals surface area contributed by atoms with Crippen LogP contribution >= 0.6 is 0 Å². The fourth-order valence-corrected chi connectivity index (χ4v) is 2.45. The molecule has 0 radical (unpaired) electrons. The molecule has 17 heavy (non-hydrogen) atoms. The van der Waals surface area contributed by atoms with Crippen LogP contribution in [0.1, 0.15) is 29.9 Å². The second-order valence-electron chi connectivity index (χ2n) is 4.66. The Morgan fingerprint density at radius 3 is 2.47 bits per heavy atom. The van der Waals surface area contributed by atoms with Crippen molar-refractivity contribution in [1.29, 1.82) is 0 Å². The monoisotopic (exact) mass is 238 g/mol. The van der Waals surface area contributed by atoms with Gasteiger partial charge in [-0.2, -0.15) is 5.10 Å². The number of nitrogens with one attached hydrogen (secondary N) is 1. The topological polar surface area (TPSA) is 42.3 Å². The average Bonchev–Trinajstić information content (AvgIpc) is 2.54. The van der Waals surface area contributed by atoms with Gasteiger partial charge < -0.3 is 4.74 Å². The summed E-state index contributed by atoms with van der Waals surface area (Å²) in [6.45, 7) is 9.89. The normalized spacial score (nSPS) is 19.5. The molecule has 1 unspecified atom stereocenters. The van der Waals surface area contributed by atoms with E-state index in [0.717, 1.165) is 32.0 Å². The summed E-state index contributed by atoms with van der Waals surface area (Å²) in [5.74, 6) is 0. The summed E-state index contributed by atoms with van der Waals surface area (Å²) < 4.78 is 7.29. The Labute approximate surface area is 103 Å². The molecule has 2 rings (SSSR count). The summed E-state index contributed by atoms with van der Waals surface area (Å²) in [5.41, 5.74) is 7.18. The molecule has 0 bridgehead atoms. The summed E-state index contributed by atoms with van der Waals surface area (Å²) in [7, 11) is 1.99. The van der Waals surface area contributed by atoms with E-state index in [2.05, 4.69) is 36.3 Å². The second kappa shape index (κ2) is 5.16. The molecule has 1 aliphatic heterocycles. The Balaban J connectivity index is 2.05. The van der Waals surface area contributed by atoms with Crippen LogP contribution in [0.3, 0.4) is 0 Å². The van der Waals surface area contributed by atoms with Gasteiger partial charge in [-0.3, -0.25) is 4.68 Å². The van der Waals surface area contributed by atoms with Gasteiger partial charge in [0.25, 0.3) is 0 Å². The first-order valence-electron chi connectivity index (χ1n) is 6.18. The van der Waals surface area contributed by atoms with E-state index in [1.165, 1.54) is 11.3 Å². The third-order valence-corrected chi connectivity index (χ3v) is 3.39. The zero-order valence-corrected chi connectivity index (χ0v) is 11.2. The Morgan fingerprint density at radius 2 is 1.94 bits per heavy atom. The molecule has 1 fully saturated rings. The highest BCUT2D eigenvalue weighted by molar-refractivity contribution is 5.27. The van der Waals surface area contributed by atoms with Crippen LogP contribution in [-0.2, 0) is 11.8 Å². The standard InChI is InChI=1S/C12H22N4O/c1-9-12(11(3)15(4)13-9)10(2)14-16-5-7-17-8-6-16/h10,14H,5-8H2,1-4H3. The van der Waals surface area contributed by atoms with E-state index in [9.17, 15) is 0 Å². The Morgan fingerprint density at radius 1 is 1.29 bits per heavy atom. The Bertz CT molecular complexity index is 382. The molecule has 1 aromatic heterocycles. The number of hydrazine groups is 1. The predicted molar refractivity (Wildman–Crippen MR) is 66.6 cm³/mol. The van der Waals surface area contributed by atoms with Crippen LogP contribution in [0.5, 0.6) is 0 Å². The highest BCUT2D eigenvalue weighted by Crippen LogP contribution is 2.20. The molecular weight excluding hydrogens is 216 g/mol. The van der Waals surface area contributed by atoms with E-state index < -0.39 is 0 Å². The van der Waals surface area contributed by atoms with Crippen LogP contribution < -0.4 is 5.43 Å². The smallest absolute Gasteiger partial charge is 0.0644 e. The van der Waals surface area contributed by atoms with Crippen LogP contribution in [0, 0.1) is 13.8 Å². The highest BCUT2D eigenvalue weighted by atomic mass is 16.5. The van der Waals surface area contributed by atoms with Crippen molar-refractivity contribution < 1.29 is 4.74 Å². The van der Waals surface area contributed by atoms with E-state index in [4.69, 9.17) is 4.74 Å². The summed E-state index contributed by atoms with van der Waals surface area (Å²) in [6.07, 6.45) is 0. The zero-order valence-electron chi connectivity index (χ0n) is 11.2. The first-order chi connectivity index (χ1) is 8.09. The highest BCUT2D eigenvalue weighted by Gasteiger charge is 2.19. The quantitative estimate of drug-likeness (QED) is 0.851. The van der Waals surface area contributed by atoms with Gasteiger partial charge in [-0.05, 0) is 20.8 Å². The van der Waals surface area contributed by atoms with Gasteiger partial charge in [0.05, 0.1) is 18.9 Å². The number of ether oxygens (including phenoxy) is 1. The zero-order chi connectivity index (χ0) is 12.4. The Kier molecular flexibility index (Phi) is 3.81. The van der Waals surface area contributed by atoms with Crippen molar-refractivity contribution in [1.82, 2.24) is 20.2 Å². The maximum absolute atomic E-state index is 5.34. The first kappa shape index (κ1) is 12.5. The number of rotatable bonds is 3. The maximum Gasteiger partial charge on any atom is 0.0644 e. The number of aryl methyl sites for hydroxylation is 2. The lowest BCUT2D eigenvalue weighted by Gasteiger charge is -2.30. The third-order valence-electron chi connectivity index (χ3n) is 3.39. The number of hydrogen-bond acceptors (Lipinski definition) is 4. The summed E-state index contributed by atoms with van der Waals surface area (Å²) in [6, 6.07) is 0.293. The van der Waals surface area contributed by atoms with Gasteiger partial charge in [0.1, 0.15) is 0 Å². The maximum atomic E-state index is 5.34. The fraction of sp³-hybridized carbons (Fsp3) is 0.750. The summed E-state index contributed by atoms with van der Waals surface area (Å²) >= 11 is 0. The number of hydrogen-bond donors (Lipinski definition) is 1. The predicted octanol–water partition coefficient (Wildman–Crippen LogP) is 0.935. The molecule has 0 spiro atoms. The van der Waals surface area contributed by atoms with Gasteiger partial charge in [0, 0.05) is 37.4 Å². The minimum Gasteiger partial charge on any atom is -0.379 e. The van der Waals surface area contributed by atoms with Gasteiger partial charge in [0.2, 0.25) is 0 Å². The van der Waals surface area contributed by atoms with Crippen molar-refractivity contribution in [3.05, 3.63) is 17.0 Å². The minimum absolute atomic E-state index is 0.293. The van der Waals surface area contributed by atoms with Gasteiger partial charge in [-0.25, -0.2) is 10.4 Å². The second-order valence-corrected chi connectivity index (χ2v) is 4.66. The summed E-state index contributed by atoms with van der Waals surface area (Å²) in [4.78, 5) is 0. The molecule has 0 amide bonds. The third kappa shape index (κ3) is 2.68. The minimum atomic E-state index is 0.293. The molecule has 1 atom stereocenters. The Hall–Kier alpha value is -0.910. The number of nitrogens with zero attached hydrogens (tertiary/aromatic N) is 3. The van der Waals surface area contributed by atoms with Gasteiger partial charge >= 0.3 is 0 Å². The van der Waals surface area contributed by atoms with Gasteiger partial charge in [-0.1, -0.05) is 0 Å². The molecule has 5 heteroatoms. The van der Waals surface area contributed by atoms with Crippen molar-refractivity contribution in [3.8, 4) is 0 Å². The van der Waals surface area contributed by atoms with Crippen molar-refractivity contribution in [3.63, 3.8) is 0 Å². The van der Waals surface area contributed by atoms with Gasteiger partial charge in [0.15, 0.2) is 0 Å². The van der Waals surface area contributed by atoms with Crippen molar-refractivity contribution in [2.45, 2.75) is 26.8 Å². The van der Waals surface area contributed by atoms with E-state index in [1.54, 1.807) is 0 Å². The molecule has 1 N–H and O–H groups in total. The van der Waals surface area contributed by atoms with E-state index in [1.807, 2.05) is 11.7 Å². The summed E-state index contributed by atoms with van der Waals surface area (Å²) in [5, 5.41) is 6.69. The largest absolute Gasteiger partial charge is 0.379 e. The van der Waals surface area contributed by atoms with Crippen LogP contribution in [-0.4, -0.2) is 41.1 Å². The average molecular weight is 238 g/mol. The van der Waals surface area contributed by atoms with E-state index in [0.29, 0.717) is 6.04 Å². The molecule has 1 aromatic rings. The molecule has 0 aliphatic carbocycles. The lowest BCUT2D eigenvalue weighted by molar-refractivity contribution is 0.00475. The van der Waals surface area contributed by atoms with Gasteiger partial charge in [-0.15, -0.1) is 0 Å². The number of aromatic nitrogens is 2. The van der Waals surface area contributed by atoms with Crippen LogP contribution in [0.15, 0.2) is 0 Å². The lowest BCUT2D eigenvalue weighted by Crippen LogP contribution is -2.46. The van der Waals surface area contributed by atoms with Crippen molar-refractivity contribution in [2.75, 3.05) is 26.3 Å². The van der Waals surface area contributed by atoms with E-state index >= 15 is 0 Å². The van der Waals surface area contributed by atoms with Crippen LogP contribution in [0.2, 0.25) is 0 Å². The molecule has 0 aromatic carbocycles. The van der Waals surface area contributed by atoms with E-state index in [-0.39, 0.29) is 0 Å². The fourth-order valence-electron chi connectivity index (χ4n) is 2.45.